The zero-order valence-electron chi connectivity index (χ0n) is 13.0. The number of carbonyl (C=O) groups excluding carboxylic acids is 1. The third-order valence-electron chi connectivity index (χ3n) is 3.97. The summed E-state index contributed by atoms with van der Waals surface area (Å²) in [6, 6.07) is 15.5. The van der Waals surface area contributed by atoms with E-state index in [0.29, 0.717) is 21.0 Å². The van der Waals surface area contributed by atoms with Crippen LogP contribution >= 0.6 is 35.0 Å². The number of anilines is 1. The van der Waals surface area contributed by atoms with Gasteiger partial charge in [-0.25, -0.2) is 4.79 Å². The normalized spacial score (nSPS) is 18.1. The number of hydrogen-bond acceptors (Lipinski definition) is 2. The first kappa shape index (κ1) is 17.5. The number of hydrogen-bond donors (Lipinski definition) is 1. The lowest BCUT2D eigenvalue weighted by molar-refractivity contribution is 0.215. The van der Waals surface area contributed by atoms with E-state index >= 15 is 0 Å². The minimum atomic E-state index is -0.0947. The minimum Gasteiger partial charge on any atom is -0.324 e. The maximum atomic E-state index is 12.5. The zero-order valence-corrected chi connectivity index (χ0v) is 15.4. The standard InChI is InChI=1S/C18H18Cl2N2OS/c19-15-7-6-14(12-16(15)20)21-18(23)22-9-8-17(24-11-10-22)13-4-2-1-3-5-13/h1-7,12,17H,8-11H2,(H,21,23). The Balaban J connectivity index is 1.61. The summed E-state index contributed by atoms with van der Waals surface area (Å²) in [4.78, 5) is 14.3. The highest BCUT2D eigenvalue weighted by Crippen LogP contribution is 2.34. The maximum Gasteiger partial charge on any atom is 0.321 e. The van der Waals surface area contributed by atoms with Crippen molar-refractivity contribution in [2.45, 2.75) is 11.7 Å². The Morgan fingerprint density at radius 1 is 1.08 bits per heavy atom. The van der Waals surface area contributed by atoms with Gasteiger partial charge < -0.3 is 10.2 Å². The molecule has 6 heteroatoms. The number of nitrogens with one attached hydrogen (secondary N) is 1. The van der Waals surface area contributed by atoms with E-state index in [1.165, 1.54) is 5.56 Å². The van der Waals surface area contributed by atoms with E-state index in [1.54, 1.807) is 18.2 Å². The molecule has 126 valence electrons. The summed E-state index contributed by atoms with van der Waals surface area (Å²) >= 11 is 13.8. The fourth-order valence-electron chi connectivity index (χ4n) is 2.68. The van der Waals surface area contributed by atoms with Crippen LogP contribution in [0.1, 0.15) is 17.2 Å². The third-order valence-corrected chi connectivity index (χ3v) is 6.04. The average molecular weight is 381 g/mol. The monoisotopic (exact) mass is 380 g/mol. The molecule has 2 aromatic rings. The van der Waals surface area contributed by atoms with Crippen molar-refractivity contribution in [3.05, 3.63) is 64.1 Å². The van der Waals surface area contributed by atoms with Crippen LogP contribution in [0.4, 0.5) is 10.5 Å². The van der Waals surface area contributed by atoms with Crippen molar-refractivity contribution in [1.82, 2.24) is 4.90 Å². The highest BCUT2D eigenvalue weighted by molar-refractivity contribution is 7.99. The van der Waals surface area contributed by atoms with Crippen LogP contribution in [0, 0.1) is 0 Å². The molecular formula is C18H18Cl2N2OS. The van der Waals surface area contributed by atoms with Crippen LogP contribution in [-0.2, 0) is 0 Å². The molecule has 0 bridgehead atoms. The van der Waals surface area contributed by atoms with Crippen LogP contribution in [0.2, 0.25) is 10.0 Å². The van der Waals surface area contributed by atoms with E-state index in [-0.39, 0.29) is 6.03 Å². The Labute approximate surface area is 156 Å². The molecular weight excluding hydrogens is 363 g/mol. The molecule has 24 heavy (non-hydrogen) atoms. The molecule has 0 radical (unpaired) electrons. The first-order valence-corrected chi connectivity index (χ1v) is 9.61. The second kappa shape index (κ2) is 8.15. The number of halogens is 2. The van der Waals surface area contributed by atoms with Crippen LogP contribution in [0.15, 0.2) is 48.5 Å². The van der Waals surface area contributed by atoms with Gasteiger partial charge in [-0.3, -0.25) is 0 Å². The van der Waals surface area contributed by atoms with E-state index in [0.717, 1.165) is 25.3 Å². The molecule has 0 spiro atoms. The molecule has 1 atom stereocenters. The van der Waals surface area contributed by atoms with Gasteiger partial charge in [0.05, 0.1) is 10.0 Å². The summed E-state index contributed by atoms with van der Waals surface area (Å²) < 4.78 is 0. The van der Waals surface area contributed by atoms with Crippen molar-refractivity contribution >= 4 is 46.7 Å². The van der Waals surface area contributed by atoms with Crippen LogP contribution in [0.3, 0.4) is 0 Å². The number of amides is 2. The smallest absolute Gasteiger partial charge is 0.321 e. The largest absolute Gasteiger partial charge is 0.324 e. The molecule has 3 nitrogen and oxygen atoms in total. The van der Waals surface area contributed by atoms with Crippen LogP contribution < -0.4 is 5.32 Å². The van der Waals surface area contributed by atoms with Crippen molar-refractivity contribution in [2.24, 2.45) is 0 Å². The number of benzene rings is 2. The average Bonchev–Trinajstić information content (AvgIpc) is 2.85. The number of nitrogens with zero attached hydrogens (tertiary/aromatic N) is 1. The summed E-state index contributed by atoms with van der Waals surface area (Å²) in [5, 5.41) is 4.25. The fourth-order valence-corrected chi connectivity index (χ4v) is 4.21. The molecule has 1 saturated heterocycles. The van der Waals surface area contributed by atoms with Gasteiger partial charge in [0, 0.05) is 29.8 Å². The van der Waals surface area contributed by atoms with E-state index < -0.39 is 0 Å². The van der Waals surface area contributed by atoms with Gasteiger partial charge in [-0.15, -0.1) is 0 Å². The van der Waals surface area contributed by atoms with Gasteiger partial charge in [0.15, 0.2) is 0 Å². The second-order valence-corrected chi connectivity index (χ2v) is 7.73. The Kier molecular flexibility index (Phi) is 5.93. The van der Waals surface area contributed by atoms with Gasteiger partial charge in [-0.1, -0.05) is 53.5 Å². The lowest BCUT2D eigenvalue weighted by Gasteiger charge is -2.21. The quantitative estimate of drug-likeness (QED) is 0.723. The van der Waals surface area contributed by atoms with Gasteiger partial charge in [0.1, 0.15) is 0 Å². The highest BCUT2D eigenvalue weighted by Gasteiger charge is 2.22. The number of urea groups is 1. The lowest BCUT2D eigenvalue weighted by atomic mass is 10.1. The SMILES string of the molecule is O=C(Nc1ccc(Cl)c(Cl)c1)N1CCSC(c2ccccc2)CC1. The van der Waals surface area contributed by atoms with Crippen molar-refractivity contribution in [3.63, 3.8) is 0 Å². The molecule has 1 aliphatic rings. The molecule has 1 heterocycles. The van der Waals surface area contributed by atoms with E-state index in [2.05, 4.69) is 29.6 Å². The Morgan fingerprint density at radius 2 is 1.88 bits per heavy atom. The summed E-state index contributed by atoms with van der Waals surface area (Å²) in [7, 11) is 0. The van der Waals surface area contributed by atoms with Gasteiger partial charge in [-0.05, 0) is 30.2 Å². The number of carbonyl (C=O) groups is 1. The second-order valence-electron chi connectivity index (χ2n) is 5.60. The number of thioether (sulfide) groups is 1. The molecule has 1 unspecified atom stereocenters. The first-order valence-electron chi connectivity index (χ1n) is 7.81. The summed E-state index contributed by atoms with van der Waals surface area (Å²) in [6.07, 6.45) is 0.948. The Hall–Kier alpha value is -1.36. The van der Waals surface area contributed by atoms with E-state index in [9.17, 15) is 4.79 Å². The van der Waals surface area contributed by atoms with Gasteiger partial charge in [0.25, 0.3) is 0 Å². The minimum absolute atomic E-state index is 0.0947. The molecule has 1 N–H and O–H groups in total. The molecule has 0 aliphatic carbocycles. The lowest BCUT2D eigenvalue weighted by Crippen LogP contribution is -2.36. The molecule has 2 amide bonds. The maximum absolute atomic E-state index is 12.5. The first-order chi connectivity index (χ1) is 11.6. The van der Waals surface area contributed by atoms with Gasteiger partial charge in [0.2, 0.25) is 0 Å². The molecule has 1 fully saturated rings. The zero-order chi connectivity index (χ0) is 16.9. The summed E-state index contributed by atoms with van der Waals surface area (Å²) in [6.45, 7) is 1.47. The van der Waals surface area contributed by atoms with E-state index in [1.807, 2.05) is 22.7 Å². The predicted octanol–water partition coefficient (Wildman–Crippen LogP) is 5.71. The molecule has 1 aliphatic heterocycles. The molecule has 2 aromatic carbocycles. The number of rotatable bonds is 2. The molecule has 3 rings (SSSR count). The molecule has 0 aromatic heterocycles. The topological polar surface area (TPSA) is 32.3 Å². The van der Waals surface area contributed by atoms with Crippen molar-refractivity contribution in [1.29, 1.82) is 0 Å². The Bertz CT molecular complexity index is 711. The third kappa shape index (κ3) is 4.38. The van der Waals surface area contributed by atoms with E-state index in [4.69, 9.17) is 23.2 Å². The predicted molar refractivity (Wildman–Crippen MR) is 103 cm³/mol. The van der Waals surface area contributed by atoms with Crippen molar-refractivity contribution in [2.75, 3.05) is 24.2 Å². The summed E-state index contributed by atoms with van der Waals surface area (Å²) in [5.74, 6) is 0.925. The molecule has 0 saturated carbocycles. The van der Waals surface area contributed by atoms with Crippen molar-refractivity contribution < 1.29 is 4.79 Å². The highest BCUT2D eigenvalue weighted by atomic mass is 35.5. The van der Waals surface area contributed by atoms with Gasteiger partial charge >= 0.3 is 6.03 Å². The Morgan fingerprint density at radius 3 is 2.62 bits per heavy atom. The van der Waals surface area contributed by atoms with Gasteiger partial charge in [-0.2, -0.15) is 11.8 Å². The fraction of sp³-hybridized carbons (Fsp3) is 0.278. The summed E-state index contributed by atoms with van der Waals surface area (Å²) in [5.41, 5.74) is 1.99. The van der Waals surface area contributed by atoms with Crippen molar-refractivity contribution in [3.8, 4) is 0 Å². The van der Waals surface area contributed by atoms with Crippen LogP contribution in [0.25, 0.3) is 0 Å². The van der Waals surface area contributed by atoms with Crippen LogP contribution in [0.5, 0.6) is 0 Å². The van der Waals surface area contributed by atoms with Crippen LogP contribution in [-0.4, -0.2) is 29.8 Å².